The van der Waals surface area contributed by atoms with Crippen molar-refractivity contribution in [3.8, 4) is 0 Å². The van der Waals surface area contributed by atoms with E-state index in [0.29, 0.717) is 18.1 Å². The molecule has 0 bridgehead atoms. The summed E-state index contributed by atoms with van der Waals surface area (Å²) < 4.78 is 0. The van der Waals surface area contributed by atoms with Crippen LogP contribution in [-0.4, -0.2) is 18.4 Å². The van der Waals surface area contributed by atoms with Gasteiger partial charge in [0.15, 0.2) is 0 Å². The van der Waals surface area contributed by atoms with Crippen molar-refractivity contribution in [3.63, 3.8) is 0 Å². The molecular formula is C19H26ClNO2. The molecule has 0 heterocycles. The number of benzene rings is 1. The van der Waals surface area contributed by atoms with Crippen molar-refractivity contribution >= 4 is 23.6 Å². The second kappa shape index (κ2) is 11.9. The van der Waals surface area contributed by atoms with E-state index in [1.807, 2.05) is 24.3 Å². The van der Waals surface area contributed by atoms with Gasteiger partial charge in [0.05, 0.1) is 6.61 Å². The topological polar surface area (TPSA) is 38.3 Å². The van der Waals surface area contributed by atoms with Crippen LogP contribution in [-0.2, 0) is 4.84 Å². The van der Waals surface area contributed by atoms with E-state index in [0.717, 1.165) is 24.0 Å². The highest BCUT2D eigenvalue weighted by atomic mass is 35.5. The lowest BCUT2D eigenvalue weighted by Crippen LogP contribution is -2.24. The van der Waals surface area contributed by atoms with Crippen molar-refractivity contribution in [2.75, 3.05) is 12.5 Å². The lowest BCUT2D eigenvalue weighted by atomic mass is 10.1. The molecule has 0 atom stereocenters. The normalized spacial score (nSPS) is 10.9. The number of rotatable bonds is 11. The minimum Gasteiger partial charge on any atom is -0.269 e. The molecule has 4 heteroatoms. The predicted octanol–water partition coefficient (Wildman–Crippen LogP) is 5.13. The van der Waals surface area contributed by atoms with Crippen molar-refractivity contribution in [2.24, 2.45) is 0 Å². The lowest BCUT2D eigenvalue weighted by molar-refractivity contribution is 0.0394. The smallest absolute Gasteiger partial charge is 0.269 e. The highest BCUT2D eigenvalue weighted by molar-refractivity contribution is 6.19. The summed E-state index contributed by atoms with van der Waals surface area (Å²) in [6.45, 7) is 6.51. The Hall–Kier alpha value is -1.58. The molecule has 0 aromatic heterocycles. The molecule has 1 aromatic rings. The molecule has 1 rings (SSSR count). The minimum absolute atomic E-state index is 0.253. The second-order valence-corrected chi connectivity index (χ2v) is 5.77. The van der Waals surface area contributed by atoms with Gasteiger partial charge in [0.2, 0.25) is 0 Å². The first-order valence-corrected chi connectivity index (χ1v) is 8.62. The van der Waals surface area contributed by atoms with E-state index in [-0.39, 0.29) is 5.91 Å². The average Bonchev–Trinajstić information content (AvgIpc) is 2.57. The maximum absolute atomic E-state index is 11.9. The van der Waals surface area contributed by atoms with Crippen molar-refractivity contribution in [2.45, 2.75) is 39.0 Å². The lowest BCUT2D eigenvalue weighted by Gasteiger charge is -2.08. The maximum Gasteiger partial charge on any atom is 0.274 e. The molecule has 23 heavy (non-hydrogen) atoms. The SMILES string of the molecule is C=C(CCCCCC)CONC(=O)c1ccc(/C=C/CCl)cc1. The molecule has 126 valence electrons. The first kappa shape index (κ1) is 19.5. The van der Waals surface area contributed by atoms with Crippen LogP contribution in [0.15, 0.2) is 42.5 Å². The zero-order chi connectivity index (χ0) is 16.9. The number of nitrogens with one attached hydrogen (secondary N) is 1. The number of carbonyl (C=O) groups is 1. The Morgan fingerprint density at radius 3 is 2.65 bits per heavy atom. The summed E-state index contributed by atoms with van der Waals surface area (Å²) in [5, 5.41) is 0. The Labute approximate surface area is 144 Å². The van der Waals surface area contributed by atoms with Crippen LogP contribution in [0.5, 0.6) is 0 Å². The molecule has 1 aromatic carbocycles. The molecular weight excluding hydrogens is 310 g/mol. The number of allylic oxidation sites excluding steroid dienone is 1. The van der Waals surface area contributed by atoms with E-state index in [9.17, 15) is 4.79 Å². The fourth-order valence-electron chi connectivity index (χ4n) is 2.06. The Balaban J connectivity index is 2.28. The van der Waals surface area contributed by atoms with Gasteiger partial charge in [-0.3, -0.25) is 9.63 Å². The number of carbonyl (C=O) groups excluding carboxylic acids is 1. The van der Waals surface area contributed by atoms with Gasteiger partial charge in [0.25, 0.3) is 5.91 Å². The molecule has 1 N–H and O–H groups in total. The van der Waals surface area contributed by atoms with Crippen molar-refractivity contribution in [1.82, 2.24) is 5.48 Å². The number of hydrogen-bond donors (Lipinski definition) is 1. The van der Waals surface area contributed by atoms with Crippen LogP contribution in [0, 0.1) is 0 Å². The molecule has 0 saturated heterocycles. The van der Waals surface area contributed by atoms with Gasteiger partial charge >= 0.3 is 0 Å². The third-order valence-corrected chi connectivity index (χ3v) is 3.58. The molecule has 1 amide bonds. The summed E-state index contributed by atoms with van der Waals surface area (Å²) in [4.78, 5) is 17.2. The summed E-state index contributed by atoms with van der Waals surface area (Å²) in [6, 6.07) is 7.24. The molecule has 0 unspecified atom stereocenters. The van der Waals surface area contributed by atoms with E-state index < -0.39 is 0 Å². The van der Waals surface area contributed by atoms with Gasteiger partial charge in [-0.05, 0) is 36.1 Å². The number of unbranched alkanes of at least 4 members (excludes halogenated alkanes) is 3. The van der Waals surface area contributed by atoms with Crippen molar-refractivity contribution < 1.29 is 9.63 Å². The third-order valence-electron chi connectivity index (χ3n) is 3.40. The van der Waals surface area contributed by atoms with Crippen LogP contribution < -0.4 is 5.48 Å². The van der Waals surface area contributed by atoms with Gasteiger partial charge in [-0.15, -0.1) is 11.6 Å². The fraction of sp³-hybridized carbons (Fsp3) is 0.421. The first-order chi connectivity index (χ1) is 11.2. The van der Waals surface area contributed by atoms with Gasteiger partial charge in [-0.2, -0.15) is 0 Å². The van der Waals surface area contributed by atoms with Gasteiger partial charge in [0.1, 0.15) is 0 Å². The summed E-state index contributed by atoms with van der Waals surface area (Å²) in [5.41, 5.74) is 5.02. The Morgan fingerprint density at radius 2 is 2.00 bits per heavy atom. The molecule has 0 aliphatic rings. The van der Waals surface area contributed by atoms with Gasteiger partial charge in [0, 0.05) is 11.4 Å². The number of alkyl halides is 1. The second-order valence-electron chi connectivity index (χ2n) is 5.46. The number of hydroxylamine groups is 1. The number of halogens is 1. The largest absolute Gasteiger partial charge is 0.274 e. The van der Waals surface area contributed by atoms with E-state index in [4.69, 9.17) is 16.4 Å². The quantitative estimate of drug-likeness (QED) is 0.263. The number of hydrogen-bond acceptors (Lipinski definition) is 2. The van der Waals surface area contributed by atoms with Gasteiger partial charge in [-0.1, -0.05) is 57.0 Å². The number of amides is 1. The Morgan fingerprint density at radius 1 is 1.26 bits per heavy atom. The molecule has 0 aliphatic carbocycles. The van der Waals surface area contributed by atoms with E-state index >= 15 is 0 Å². The highest BCUT2D eigenvalue weighted by Gasteiger charge is 2.05. The van der Waals surface area contributed by atoms with Crippen molar-refractivity contribution in [1.29, 1.82) is 0 Å². The fourth-order valence-corrected chi connectivity index (χ4v) is 2.15. The molecule has 0 aliphatic heterocycles. The first-order valence-electron chi connectivity index (χ1n) is 8.08. The summed E-state index contributed by atoms with van der Waals surface area (Å²) in [6.07, 6.45) is 9.52. The van der Waals surface area contributed by atoms with Gasteiger partial charge in [-0.25, -0.2) is 5.48 Å². The third kappa shape index (κ3) is 8.58. The summed E-state index contributed by atoms with van der Waals surface area (Å²) >= 11 is 5.59. The Bertz CT molecular complexity index is 509. The molecule has 0 radical (unpaired) electrons. The summed E-state index contributed by atoms with van der Waals surface area (Å²) in [5.74, 6) is 0.218. The molecule has 0 spiro atoms. The molecule has 0 fully saturated rings. The van der Waals surface area contributed by atoms with Crippen LogP contribution >= 0.6 is 11.6 Å². The average molecular weight is 336 g/mol. The zero-order valence-electron chi connectivity index (χ0n) is 13.8. The molecule has 3 nitrogen and oxygen atoms in total. The summed E-state index contributed by atoms with van der Waals surface area (Å²) in [7, 11) is 0. The Kier molecular flexibility index (Phi) is 10.1. The predicted molar refractivity (Wildman–Crippen MR) is 97.5 cm³/mol. The monoisotopic (exact) mass is 335 g/mol. The highest BCUT2D eigenvalue weighted by Crippen LogP contribution is 2.09. The van der Waals surface area contributed by atoms with Gasteiger partial charge < -0.3 is 0 Å². The zero-order valence-corrected chi connectivity index (χ0v) is 14.6. The van der Waals surface area contributed by atoms with Crippen LogP contribution in [0.25, 0.3) is 6.08 Å². The molecule has 0 saturated carbocycles. The minimum atomic E-state index is -0.253. The van der Waals surface area contributed by atoms with E-state index in [1.54, 1.807) is 12.1 Å². The maximum atomic E-state index is 11.9. The van der Waals surface area contributed by atoms with E-state index in [2.05, 4.69) is 19.0 Å². The van der Waals surface area contributed by atoms with E-state index in [1.165, 1.54) is 19.3 Å². The van der Waals surface area contributed by atoms with Crippen LogP contribution in [0.1, 0.15) is 54.9 Å². The van der Waals surface area contributed by atoms with Crippen LogP contribution in [0.2, 0.25) is 0 Å². The van der Waals surface area contributed by atoms with Crippen LogP contribution in [0.4, 0.5) is 0 Å². The van der Waals surface area contributed by atoms with Crippen LogP contribution in [0.3, 0.4) is 0 Å². The van der Waals surface area contributed by atoms with Crippen molar-refractivity contribution in [3.05, 3.63) is 53.6 Å². The standard InChI is InChI=1S/C19H26ClNO2/c1-3-4-5-6-8-16(2)15-23-21-19(22)18-12-10-17(11-13-18)9-7-14-20/h7,9-13H,2-6,8,14-15H2,1H3,(H,21,22)/b9-7+.